The minimum Gasteiger partial charge on any atom is -0.341 e. The summed E-state index contributed by atoms with van der Waals surface area (Å²) in [6.07, 6.45) is 0. The highest BCUT2D eigenvalue weighted by Gasteiger charge is 2.14. The molecule has 0 atom stereocenters. The molecular formula is C18H19N3O2. The average Bonchev–Trinajstić information content (AvgIpc) is 2.92. The van der Waals surface area contributed by atoms with Crippen LogP contribution in [0.15, 0.2) is 36.4 Å². The number of carbonyl (C=O) groups is 2. The smallest absolute Gasteiger partial charge is 0.176 e. The van der Waals surface area contributed by atoms with Crippen molar-refractivity contribution < 1.29 is 9.59 Å². The first-order chi connectivity index (χ1) is 11.1. The Hall–Kier alpha value is -2.50. The van der Waals surface area contributed by atoms with E-state index in [1.165, 1.54) is 0 Å². The number of nitrogens with zero attached hydrogens (tertiary/aromatic N) is 1. The zero-order valence-corrected chi connectivity index (χ0v) is 13.0. The first-order valence-electron chi connectivity index (χ1n) is 7.63. The van der Waals surface area contributed by atoms with E-state index in [4.69, 9.17) is 11.5 Å². The van der Waals surface area contributed by atoms with Crippen molar-refractivity contribution in [2.45, 2.75) is 13.5 Å². The van der Waals surface area contributed by atoms with E-state index in [1.54, 1.807) is 12.1 Å². The summed E-state index contributed by atoms with van der Waals surface area (Å²) >= 11 is 0. The quantitative estimate of drug-likeness (QED) is 0.706. The lowest BCUT2D eigenvalue weighted by Gasteiger charge is -2.04. The van der Waals surface area contributed by atoms with Crippen molar-refractivity contribution in [3.05, 3.63) is 47.5 Å². The SMILES string of the molecule is CCn1c2ccc(C(=O)CN)cc2c2cc(C(=O)CN)ccc21. The standard InChI is InChI=1S/C18H19N3O2/c1-2-21-15-5-3-11(17(22)9-19)7-13(15)14-8-12(18(23)10-20)4-6-16(14)21/h3-8H,2,9-10,19-20H2,1H3. The van der Waals surface area contributed by atoms with Gasteiger partial charge in [-0.1, -0.05) is 0 Å². The Bertz CT molecular complexity index is 852. The van der Waals surface area contributed by atoms with Gasteiger partial charge in [-0.25, -0.2) is 0 Å². The molecule has 5 heteroatoms. The largest absolute Gasteiger partial charge is 0.341 e. The minimum atomic E-state index is -0.0986. The Balaban J connectivity index is 2.35. The number of rotatable bonds is 5. The molecule has 0 saturated carbocycles. The van der Waals surface area contributed by atoms with Crippen LogP contribution in [0.4, 0.5) is 0 Å². The van der Waals surface area contributed by atoms with Crippen LogP contribution in [0, 0.1) is 0 Å². The van der Waals surface area contributed by atoms with E-state index in [-0.39, 0.29) is 24.7 Å². The van der Waals surface area contributed by atoms with Crippen molar-refractivity contribution in [3.63, 3.8) is 0 Å². The molecular weight excluding hydrogens is 290 g/mol. The summed E-state index contributed by atoms with van der Waals surface area (Å²) < 4.78 is 2.16. The summed E-state index contributed by atoms with van der Waals surface area (Å²) in [6.45, 7) is 2.83. The first-order valence-corrected chi connectivity index (χ1v) is 7.63. The number of fused-ring (bicyclic) bond motifs is 3. The highest BCUT2D eigenvalue weighted by atomic mass is 16.1. The van der Waals surface area contributed by atoms with Gasteiger partial charge in [-0.05, 0) is 43.3 Å². The molecule has 0 bridgehead atoms. The van der Waals surface area contributed by atoms with Gasteiger partial charge in [-0.15, -0.1) is 0 Å². The highest BCUT2D eigenvalue weighted by Crippen LogP contribution is 2.30. The molecule has 0 amide bonds. The van der Waals surface area contributed by atoms with Gasteiger partial charge in [0.05, 0.1) is 13.1 Å². The summed E-state index contributed by atoms with van der Waals surface area (Å²) in [5, 5.41) is 1.90. The summed E-state index contributed by atoms with van der Waals surface area (Å²) in [5.74, 6) is -0.197. The molecule has 1 heterocycles. The van der Waals surface area contributed by atoms with Crippen molar-refractivity contribution in [2.75, 3.05) is 13.1 Å². The van der Waals surface area contributed by atoms with E-state index in [0.29, 0.717) is 11.1 Å². The molecule has 0 saturated heterocycles. The fourth-order valence-electron chi connectivity index (χ4n) is 3.03. The lowest BCUT2D eigenvalue weighted by Crippen LogP contribution is -2.13. The molecule has 118 valence electrons. The molecule has 0 aliphatic heterocycles. The van der Waals surface area contributed by atoms with E-state index in [2.05, 4.69) is 11.5 Å². The van der Waals surface area contributed by atoms with E-state index in [1.807, 2.05) is 24.3 Å². The number of ketones is 2. The lowest BCUT2D eigenvalue weighted by molar-refractivity contribution is 0.0993. The van der Waals surface area contributed by atoms with Gasteiger partial charge in [0.1, 0.15) is 0 Å². The second-order valence-electron chi connectivity index (χ2n) is 5.46. The van der Waals surface area contributed by atoms with Crippen LogP contribution in [0.2, 0.25) is 0 Å². The van der Waals surface area contributed by atoms with Crippen LogP contribution in [0.1, 0.15) is 27.6 Å². The molecule has 0 fully saturated rings. The monoisotopic (exact) mass is 309 g/mol. The second kappa shape index (κ2) is 5.95. The Morgan fingerprint density at radius 1 is 0.870 bits per heavy atom. The summed E-state index contributed by atoms with van der Waals surface area (Å²) in [5.41, 5.74) is 14.2. The third kappa shape index (κ3) is 2.44. The first kappa shape index (κ1) is 15.4. The molecule has 0 aliphatic rings. The topological polar surface area (TPSA) is 91.1 Å². The van der Waals surface area contributed by atoms with Crippen molar-refractivity contribution in [1.29, 1.82) is 0 Å². The fraction of sp³-hybridized carbons (Fsp3) is 0.222. The molecule has 3 aromatic rings. The van der Waals surface area contributed by atoms with Crippen molar-refractivity contribution in [2.24, 2.45) is 11.5 Å². The zero-order valence-electron chi connectivity index (χ0n) is 13.0. The van der Waals surface area contributed by atoms with Gasteiger partial charge in [0.2, 0.25) is 0 Å². The van der Waals surface area contributed by atoms with Crippen LogP contribution >= 0.6 is 0 Å². The Kier molecular flexibility index (Phi) is 3.98. The van der Waals surface area contributed by atoms with E-state index >= 15 is 0 Å². The number of hydrogen-bond acceptors (Lipinski definition) is 4. The molecule has 5 nitrogen and oxygen atoms in total. The van der Waals surface area contributed by atoms with Crippen molar-refractivity contribution >= 4 is 33.4 Å². The number of nitrogens with two attached hydrogens (primary N) is 2. The lowest BCUT2D eigenvalue weighted by atomic mass is 10.0. The molecule has 0 radical (unpaired) electrons. The normalized spacial score (nSPS) is 11.3. The van der Waals surface area contributed by atoms with Gasteiger partial charge >= 0.3 is 0 Å². The number of benzene rings is 2. The molecule has 2 aromatic carbocycles. The van der Waals surface area contributed by atoms with Crippen molar-refractivity contribution in [3.8, 4) is 0 Å². The van der Waals surface area contributed by atoms with E-state index in [9.17, 15) is 9.59 Å². The van der Waals surface area contributed by atoms with Crippen LogP contribution in [0.3, 0.4) is 0 Å². The van der Waals surface area contributed by atoms with Crippen LogP contribution in [0.25, 0.3) is 21.8 Å². The van der Waals surface area contributed by atoms with Gasteiger partial charge in [-0.3, -0.25) is 9.59 Å². The van der Waals surface area contributed by atoms with Gasteiger partial charge < -0.3 is 16.0 Å². The zero-order chi connectivity index (χ0) is 16.6. The third-order valence-corrected chi connectivity index (χ3v) is 4.20. The maximum Gasteiger partial charge on any atom is 0.176 e. The highest BCUT2D eigenvalue weighted by molar-refractivity contribution is 6.13. The van der Waals surface area contributed by atoms with Crippen LogP contribution in [0.5, 0.6) is 0 Å². The molecule has 0 aliphatic carbocycles. The summed E-state index contributed by atoms with van der Waals surface area (Å²) in [7, 11) is 0. The van der Waals surface area contributed by atoms with Gasteiger partial charge in [0.25, 0.3) is 0 Å². The number of aryl methyl sites for hydroxylation is 1. The molecule has 23 heavy (non-hydrogen) atoms. The molecule has 1 aromatic heterocycles. The fourth-order valence-corrected chi connectivity index (χ4v) is 3.03. The van der Waals surface area contributed by atoms with Gasteiger partial charge in [-0.2, -0.15) is 0 Å². The molecule has 0 spiro atoms. The van der Waals surface area contributed by atoms with E-state index < -0.39 is 0 Å². The minimum absolute atomic E-state index is 0.0190. The predicted octanol–water partition coefficient (Wildman–Crippen LogP) is 2.10. The third-order valence-electron chi connectivity index (χ3n) is 4.20. The van der Waals surface area contributed by atoms with E-state index in [0.717, 1.165) is 28.4 Å². The number of carbonyl (C=O) groups excluding carboxylic acids is 2. The average molecular weight is 309 g/mol. The Labute approximate surface area is 133 Å². The van der Waals surface area contributed by atoms with Crippen LogP contribution in [-0.4, -0.2) is 29.2 Å². The predicted molar refractivity (Wildman–Crippen MR) is 91.9 cm³/mol. The number of Topliss-reactive ketones (excluding diaryl/α,β-unsaturated/α-hetero) is 2. The second-order valence-corrected chi connectivity index (χ2v) is 5.46. The van der Waals surface area contributed by atoms with Crippen LogP contribution in [-0.2, 0) is 6.54 Å². The summed E-state index contributed by atoms with van der Waals surface area (Å²) in [4.78, 5) is 23.8. The maximum absolute atomic E-state index is 11.9. The summed E-state index contributed by atoms with van der Waals surface area (Å²) in [6, 6.07) is 11.2. The molecule has 0 unspecified atom stereocenters. The van der Waals surface area contributed by atoms with Crippen molar-refractivity contribution in [1.82, 2.24) is 4.57 Å². The van der Waals surface area contributed by atoms with Gasteiger partial charge in [0, 0.05) is 39.5 Å². The Morgan fingerprint density at radius 3 is 1.65 bits per heavy atom. The molecule has 3 rings (SSSR count). The number of hydrogen-bond donors (Lipinski definition) is 2. The van der Waals surface area contributed by atoms with Gasteiger partial charge in [0.15, 0.2) is 11.6 Å². The molecule has 4 N–H and O–H groups in total. The number of aromatic nitrogens is 1. The van der Waals surface area contributed by atoms with Crippen LogP contribution < -0.4 is 11.5 Å². The Morgan fingerprint density at radius 2 is 1.30 bits per heavy atom. The maximum atomic E-state index is 11.9.